The van der Waals surface area contributed by atoms with Gasteiger partial charge in [-0.2, -0.15) is 0 Å². The van der Waals surface area contributed by atoms with Crippen LogP contribution >= 0.6 is 0 Å². The molecular weight excluding hydrogens is 258 g/mol. The normalized spacial score (nSPS) is 9.85. The minimum atomic E-state index is -0.373. The Morgan fingerprint density at radius 2 is 2.00 bits per heavy atom. The molecule has 1 amide bonds. The summed E-state index contributed by atoms with van der Waals surface area (Å²) in [6.07, 6.45) is 1.62. The van der Waals surface area contributed by atoms with Gasteiger partial charge >= 0.3 is 5.97 Å². The topological polar surface area (TPSA) is 55.8 Å². The first-order valence-corrected chi connectivity index (χ1v) is 6.35. The van der Waals surface area contributed by atoms with Gasteiger partial charge in [0.2, 0.25) is 5.91 Å². The number of rotatable bonds is 8. The van der Waals surface area contributed by atoms with Gasteiger partial charge in [0.15, 0.2) is 0 Å². The Labute approximate surface area is 118 Å². The second kappa shape index (κ2) is 8.87. The van der Waals surface area contributed by atoms with Gasteiger partial charge in [-0.15, -0.1) is 6.58 Å². The molecule has 1 aromatic rings. The average molecular weight is 277 g/mol. The highest BCUT2D eigenvalue weighted by Crippen LogP contribution is 2.03. The van der Waals surface area contributed by atoms with Gasteiger partial charge in [0.1, 0.15) is 6.61 Å². The van der Waals surface area contributed by atoms with Crippen molar-refractivity contribution >= 4 is 11.9 Å². The molecule has 0 atom stereocenters. The van der Waals surface area contributed by atoms with Crippen LogP contribution in [0.3, 0.4) is 0 Å². The van der Waals surface area contributed by atoms with Crippen LogP contribution < -0.4 is 0 Å². The highest BCUT2D eigenvalue weighted by molar-refractivity contribution is 5.74. The van der Waals surface area contributed by atoms with Gasteiger partial charge in [-0.25, -0.2) is 5.06 Å². The molecule has 5 nitrogen and oxygen atoms in total. The molecule has 0 fully saturated rings. The molecule has 0 aromatic heterocycles. The fraction of sp³-hybridized carbons (Fsp3) is 0.333. The number of hydroxylamine groups is 2. The molecule has 0 saturated carbocycles. The van der Waals surface area contributed by atoms with E-state index in [1.807, 2.05) is 30.3 Å². The number of benzene rings is 1. The second-order valence-electron chi connectivity index (χ2n) is 4.10. The molecule has 0 heterocycles. The Balaban J connectivity index is 2.30. The van der Waals surface area contributed by atoms with Crippen molar-refractivity contribution in [2.45, 2.75) is 20.0 Å². The molecule has 0 radical (unpaired) electrons. The van der Waals surface area contributed by atoms with Gasteiger partial charge in [0, 0.05) is 6.92 Å². The van der Waals surface area contributed by atoms with E-state index in [2.05, 4.69) is 6.58 Å². The van der Waals surface area contributed by atoms with Crippen molar-refractivity contribution in [1.82, 2.24) is 5.06 Å². The molecule has 0 aliphatic rings. The van der Waals surface area contributed by atoms with Gasteiger partial charge in [0.25, 0.3) is 0 Å². The molecule has 0 spiro atoms. The maximum Gasteiger partial charge on any atom is 0.308 e. The predicted molar refractivity (Wildman–Crippen MR) is 74.4 cm³/mol. The van der Waals surface area contributed by atoms with E-state index in [0.29, 0.717) is 0 Å². The van der Waals surface area contributed by atoms with Crippen molar-refractivity contribution in [2.24, 2.45) is 0 Å². The minimum Gasteiger partial charge on any atom is -0.461 e. The van der Waals surface area contributed by atoms with E-state index in [9.17, 15) is 9.59 Å². The van der Waals surface area contributed by atoms with Crippen LogP contribution in [-0.4, -0.2) is 30.1 Å². The van der Waals surface area contributed by atoms with Crippen molar-refractivity contribution in [3.8, 4) is 0 Å². The van der Waals surface area contributed by atoms with Crippen molar-refractivity contribution in [2.75, 3.05) is 13.2 Å². The zero-order valence-corrected chi connectivity index (χ0v) is 11.6. The van der Waals surface area contributed by atoms with Crippen LogP contribution in [0.25, 0.3) is 0 Å². The van der Waals surface area contributed by atoms with E-state index in [4.69, 9.17) is 9.57 Å². The van der Waals surface area contributed by atoms with Crippen molar-refractivity contribution in [3.05, 3.63) is 48.6 Å². The van der Waals surface area contributed by atoms with Crippen molar-refractivity contribution < 1.29 is 19.2 Å². The lowest BCUT2D eigenvalue weighted by Crippen LogP contribution is -2.31. The summed E-state index contributed by atoms with van der Waals surface area (Å²) in [6.45, 7) is 5.48. The number of carbonyl (C=O) groups is 2. The van der Waals surface area contributed by atoms with E-state index in [-0.39, 0.29) is 38.1 Å². The van der Waals surface area contributed by atoms with Gasteiger partial charge in [-0.3, -0.25) is 14.4 Å². The average Bonchev–Trinajstić information content (AvgIpc) is 2.46. The first-order chi connectivity index (χ1) is 9.63. The Hall–Kier alpha value is -2.14. The Morgan fingerprint density at radius 1 is 1.30 bits per heavy atom. The lowest BCUT2D eigenvalue weighted by molar-refractivity contribution is -0.181. The fourth-order valence-electron chi connectivity index (χ4n) is 1.46. The van der Waals surface area contributed by atoms with E-state index in [1.165, 1.54) is 13.0 Å². The summed E-state index contributed by atoms with van der Waals surface area (Å²) in [5.74, 6) is -0.634. The highest BCUT2D eigenvalue weighted by atomic mass is 16.7. The predicted octanol–water partition coefficient (Wildman–Crippen LogP) is 2.09. The molecule has 0 bridgehead atoms. The smallest absolute Gasteiger partial charge is 0.308 e. The third kappa shape index (κ3) is 6.15. The lowest BCUT2D eigenvalue weighted by atomic mass is 10.2. The Kier molecular flexibility index (Phi) is 7.06. The molecular formula is C15H19NO4. The first-order valence-electron chi connectivity index (χ1n) is 6.35. The summed E-state index contributed by atoms with van der Waals surface area (Å²) in [6, 6.07) is 9.41. The number of carbonyl (C=O) groups excluding carboxylic acids is 2. The highest BCUT2D eigenvalue weighted by Gasteiger charge is 2.12. The third-order valence-electron chi connectivity index (χ3n) is 2.46. The van der Waals surface area contributed by atoms with Crippen LogP contribution in [0, 0.1) is 0 Å². The SMILES string of the molecule is C=CCON(CCC(=O)OCc1ccccc1)C(C)=O. The minimum absolute atomic E-state index is 0.0869. The summed E-state index contributed by atoms with van der Waals surface area (Å²) >= 11 is 0. The molecule has 20 heavy (non-hydrogen) atoms. The van der Waals surface area contributed by atoms with E-state index >= 15 is 0 Å². The third-order valence-corrected chi connectivity index (χ3v) is 2.46. The zero-order chi connectivity index (χ0) is 14.8. The lowest BCUT2D eigenvalue weighted by Gasteiger charge is -2.18. The fourth-order valence-corrected chi connectivity index (χ4v) is 1.46. The summed E-state index contributed by atoms with van der Waals surface area (Å²) < 4.78 is 5.11. The molecule has 1 aromatic carbocycles. The first kappa shape index (κ1) is 15.9. The largest absolute Gasteiger partial charge is 0.461 e. The van der Waals surface area contributed by atoms with Gasteiger partial charge in [-0.1, -0.05) is 36.4 Å². The monoisotopic (exact) mass is 277 g/mol. The molecule has 0 unspecified atom stereocenters. The molecule has 0 aliphatic heterocycles. The number of hydrogen-bond acceptors (Lipinski definition) is 4. The van der Waals surface area contributed by atoms with E-state index in [1.54, 1.807) is 0 Å². The maximum absolute atomic E-state index is 11.6. The quantitative estimate of drug-likeness (QED) is 0.415. The summed E-state index contributed by atoms with van der Waals surface area (Å²) in [7, 11) is 0. The summed E-state index contributed by atoms with van der Waals surface area (Å²) in [4.78, 5) is 28.0. The van der Waals surface area contributed by atoms with E-state index in [0.717, 1.165) is 10.6 Å². The molecule has 0 saturated heterocycles. The number of esters is 1. The van der Waals surface area contributed by atoms with Gasteiger partial charge < -0.3 is 4.74 Å². The Bertz CT molecular complexity index is 444. The Morgan fingerprint density at radius 3 is 2.60 bits per heavy atom. The number of ether oxygens (including phenoxy) is 1. The van der Waals surface area contributed by atoms with Crippen molar-refractivity contribution in [1.29, 1.82) is 0 Å². The van der Waals surface area contributed by atoms with Gasteiger partial charge in [-0.05, 0) is 5.56 Å². The summed E-state index contributed by atoms with van der Waals surface area (Å²) in [5, 5.41) is 1.13. The van der Waals surface area contributed by atoms with Crippen LogP contribution in [0.5, 0.6) is 0 Å². The summed E-state index contributed by atoms with van der Waals surface area (Å²) in [5.41, 5.74) is 0.923. The number of hydrogen-bond donors (Lipinski definition) is 0. The molecule has 1 rings (SSSR count). The maximum atomic E-state index is 11.6. The van der Waals surface area contributed by atoms with Crippen LogP contribution in [-0.2, 0) is 25.8 Å². The molecule has 0 N–H and O–H groups in total. The molecule has 108 valence electrons. The van der Waals surface area contributed by atoms with Crippen LogP contribution in [0.4, 0.5) is 0 Å². The van der Waals surface area contributed by atoms with Crippen LogP contribution in [0.15, 0.2) is 43.0 Å². The van der Waals surface area contributed by atoms with Gasteiger partial charge in [0.05, 0.1) is 19.6 Å². The van der Waals surface area contributed by atoms with Crippen LogP contribution in [0.2, 0.25) is 0 Å². The second-order valence-corrected chi connectivity index (χ2v) is 4.10. The number of nitrogens with zero attached hydrogens (tertiary/aromatic N) is 1. The molecule has 0 aliphatic carbocycles. The molecule has 5 heteroatoms. The zero-order valence-electron chi connectivity index (χ0n) is 11.6. The van der Waals surface area contributed by atoms with E-state index < -0.39 is 0 Å². The van der Waals surface area contributed by atoms with Crippen molar-refractivity contribution in [3.63, 3.8) is 0 Å². The standard InChI is InChI=1S/C15H19NO4/c1-3-11-20-16(13(2)17)10-9-15(18)19-12-14-7-5-4-6-8-14/h3-8H,1,9-12H2,2H3. The number of amides is 1. The van der Waals surface area contributed by atoms with Crippen LogP contribution in [0.1, 0.15) is 18.9 Å².